The molecular formula is C21H16Cl2N4O2. The molecule has 0 aliphatic carbocycles. The van der Waals surface area contributed by atoms with Crippen molar-refractivity contribution in [1.82, 2.24) is 14.1 Å². The maximum Gasteiger partial charge on any atom is 0.278 e. The number of anilines is 1. The molecule has 0 atom stereocenters. The summed E-state index contributed by atoms with van der Waals surface area (Å²) in [7, 11) is 1.78. The van der Waals surface area contributed by atoms with Crippen LogP contribution in [0.3, 0.4) is 0 Å². The van der Waals surface area contributed by atoms with Crippen LogP contribution in [0.4, 0.5) is 5.69 Å². The molecule has 6 nitrogen and oxygen atoms in total. The van der Waals surface area contributed by atoms with Crippen molar-refractivity contribution in [2.75, 3.05) is 5.32 Å². The number of nitrogens with one attached hydrogen (secondary N) is 1. The first-order chi connectivity index (χ1) is 13.9. The Morgan fingerprint density at radius 1 is 1.03 bits per heavy atom. The summed E-state index contributed by atoms with van der Waals surface area (Å²) in [5.74, 6) is -0.331. The standard InChI is InChI=1S/C21H16Cl2N4O2/c1-26-10-17(13-2-4-14(22)5-3-13)19-20(26)21(29)27(12-24-19)11-18(28)25-16-8-6-15(23)7-9-16/h2-10,12H,11H2,1H3,(H,25,28). The van der Waals surface area contributed by atoms with Crippen molar-refractivity contribution in [1.29, 1.82) is 0 Å². The molecule has 8 heteroatoms. The molecule has 2 aromatic carbocycles. The van der Waals surface area contributed by atoms with Crippen LogP contribution in [0.25, 0.3) is 22.2 Å². The van der Waals surface area contributed by atoms with Gasteiger partial charge in [0, 0.05) is 34.5 Å². The number of rotatable bonds is 4. The van der Waals surface area contributed by atoms with Gasteiger partial charge in [-0.15, -0.1) is 0 Å². The third-order valence-corrected chi connectivity index (χ3v) is 5.05. The molecule has 0 unspecified atom stereocenters. The van der Waals surface area contributed by atoms with E-state index in [-0.39, 0.29) is 18.0 Å². The van der Waals surface area contributed by atoms with E-state index in [1.807, 2.05) is 18.3 Å². The zero-order valence-electron chi connectivity index (χ0n) is 15.4. The van der Waals surface area contributed by atoms with Crippen LogP contribution in [-0.4, -0.2) is 20.0 Å². The average Bonchev–Trinajstić information content (AvgIpc) is 3.03. The van der Waals surface area contributed by atoms with Gasteiger partial charge in [-0.1, -0.05) is 35.3 Å². The van der Waals surface area contributed by atoms with Gasteiger partial charge >= 0.3 is 0 Å². The van der Waals surface area contributed by atoms with Crippen molar-refractivity contribution in [2.45, 2.75) is 6.54 Å². The summed E-state index contributed by atoms with van der Waals surface area (Å²) in [6, 6.07) is 14.1. The van der Waals surface area contributed by atoms with Gasteiger partial charge in [0.25, 0.3) is 5.56 Å². The van der Waals surface area contributed by atoms with Gasteiger partial charge in [0.1, 0.15) is 17.6 Å². The number of nitrogens with zero attached hydrogens (tertiary/aromatic N) is 3. The van der Waals surface area contributed by atoms with Crippen molar-refractivity contribution >= 4 is 45.8 Å². The molecule has 0 spiro atoms. The lowest BCUT2D eigenvalue weighted by atomic mass is 10.1. The van der Waals surface area contributed by atoms with Gasteiger partial charge in [0.15, 0.2) is 0 Å². The molecule has 1 N–H and O–H groups in total. The normalized spacial score (nSPS) is 11.0. The minimum atomic E-state index is -0.331. The van der Waals surface area contributed by atoms with Crippen LogP contribution in [0.1, 0.15) is 0 Å². The molecule has 29 heavy (non-hydrogen) atoms. The first kappa shape index (κ1) is 19.2. The largest absolute Gasteiger partial charge is 0.344 e. The molecule has 1 amide bonds. The summed E-state index contributed by atoms with van der Waals surface area (Å²) in [6.45, 7) is -0.147. The van der Waals surface area contributed by atoms with Gasteiger partial charge in [-0.2, -0.15) is 0 Å². The second-order valence-corrected chi connectivity index (χ2v) is 7.46. The summed E-state index contributed by atoms with van der Waals surface area (Å²) >= 11 is 11.8. The predicted molar refractivity (Wildman–Crippen MR) is 116 cm³/mol. The highest BCUT2D eigenvalue weighted by molar-refractivity contribution is 6.31. The Labute approximate surface area is 176 Å². The number of carbonyl (C=O) groups excluding carboxylic acids is 1. The fourth-order valence-electron chi connectivity index (χ4n) is 3.15. The average molecular weight is 427 g/mol. The van der Waals surface area contributed by atoms with Gasteiger partial charge in [-0.05, 0) is 42.0 Å². The summed E-state index contributed by atoms with van der Waals surface area (Å²) in [5.41, 5.74) is 3.06. The summed E-state index contributed by atoms with van der Waals surface area (Å²) in [4.78, 5) is 29.8. The molecule has 2 heterocycles. The lowest BCUT2D eigenvalue weighted by molar-refractivity contribution is -0.116. The Morgan fingerprint density at radius 3 is 2.31 bits per heavy atom. The number of amides is 1. The highest BCUT2D eigenvalue weighted by Crippen LogP contribution is 2.28. The molecule has 2 aromatic heterocycles. The number of aryl methyl sites for hydroxylation is 1. The number of carbonyl (C=O) groups is 1. The molecule has 4 aromatic rings. The number of fused-ring (bicyclic) bond motifs is 1. The van der Waals surface area contributed by atoms with Crippen LogP contribution in [-0.2, 0) is 18.4 Å². The van der Waals surface area contributed by atoms with Crippen molar-refractivity contribution in [3.63, 3.8) is 0 Å². The second-order valence-electron chi connectivity index (χ2n) is 6.59. The van der Waals surface area contributed by atoms with Crippen molar-refractivity contribution in [2.24, 2.45) is 7.05 Å². The van der Waals surface area contributed by atoms with E-state index in [2.05, 4.69) is 10.3 Å². The Hall–Kier alpha value is -3.09. The zero-order chi connectivity index (χ0) is 20.5. The monoisotopic (exact) mass is 426 g/mol. The quantitative estimate of drug-likeness (QED) is 0.527. The third kappa shape index (κ3) is 3.90. The minimum absolute atomic E-state index is 0.147. The number of benzene rings is 2. The number of hydrogen-bond acceptors (Lipinski definition) is 3. The van der Waals surface area contributed by atoms with Gasteiger partial charge in [-0.25, -0.2) is 4.98 Å². The molecule has 0 aliphatic rings. The number of halogens is 2. The second kappa shape index (κ2) is 7.73. The van der Waals surface area contributed by atoms with Gasteiger partial charge in [0.2, 0.25) is 5.91 Å². The van der Waals surface area contributed by atoms with Gasteiger partial charge in [0.05, 0.1) is 6.33 Å². The molecule has 4 rings (SSSR count). The molecule has 0 fully saturated rings. The Bertz CT molecular complexity index is 1260. The van der Waals surface area contributed by atoms with E-state index in [1.165, 1.54) is 10.9 Å². The first-order valence-electron chi connectivity index (χ1n) is 8.78. The first-order valence-corrected chi connectivity index (χ1v) is 9.54. The summed E-state index contributed by atoms with van der Waals surface area (Å²) < 4.78 is 3.02. The van der Waals surface area contributed by atoms with Crippen LogP contribution in [0.5, 0.6) is 0 Å². The fraction of sp³-hybridized carbons (Fsp3) is 0.0952. The van der Waals surface area contributed by atoms with Crippen LogP contribution >= 0.6 is 23.2 Å². The van der Waals surface area contributed by atoms with E-state index in [4.69, 9.17) is 23.2 Å². The van der Waals surface area contributed by atoms with Gasteiger partial charge < -0.3 is 9.88 Å². The van der Waals surface area contributed by atoms with E-state index >= 15 is 0 Å². The topological polar surface area (TPSA) is 68.9 Å². The maximum atomic E-state index is 13.0. The smallest absolute Gasteiger partial charge is 0.278 e. The molecule has 0 bridgehead atoms. The molecule has 0 saturated carbocycles. The van der Waals surface area contributed by atoms with Crippen molar-refractivity contribution < 1.29 is 4.79 Å². The van der Waals surface area contributed by atoms with E-state index in [0.29, 0.717) is 26.8 Å². The lowest BCUT2D eigenvalue weighted by Crippen LogP contribution is -2.28. The van der Waals surface area contributed by atoms with E-state index < -0.39 is 0 Å². The van der Waals surface area contributed by atoms with E-state index in [1.54, 1.807) is 48.0 Å². The summed E-state index contributed by atoms with van der Waals surface area (Å²) in [5, 5.41) is 3.95. The molecule has 0 saturated heterocycles. The van der Waals surface area contributed by atoms with Crippen LogP contribution < -0.4 is 10.9 Å². The van der Waals surface area contributed by atoms with Crippen LogP contribution in [0, 0.1) is 0 Å². The SMILES string of the molecule is Cn1cc(-c2ccc(Cl)cc2)c2ncn(CC(=O)Nc3ccc(Cl)cc3)c(=O)c21. The summed E-state index contributed by atoms with van der Waals surface area (Å²) in [6.07, 6.45) is 3.24. The number of hydrogen-bond donors (Lipinski definition) is 1. The maximum absolute atomic E-state index is 13.0. The van der Waals surface area contributed by atoms with Crippen LogP contribution in [0.2, 0.25) is 10.0 Å². The highest BCUT2D eigenvalue weighted by atomic mass is 35.5. The molecule has 0 aliphatic heterocycles. The lowest BCUT2D eigenvalue weighted by Gasteiger charge is -2.08. The molecule has 146 valence electrons. The highest BCUT2D eigenvalue weighted by Gasteiger charge is 2.16. The van der Waals surface area contributed by atoms with Crippen molar-refractivity contribution in [3.8, 4) is 11.1 Å². The van der Waals surface area contributed by atoms with E-state index in [0.717, 1.165) is 11.1 Å². The third-order valence-electron chi connectivity index (χ3n) is 4.54. The van der Waals surface area contributed by atoms with Gasteiger partial charge in [-0.3, -0.25) is 14.2 Å². The van der Waals surface area contributed by atoms with Crippen LogP contribution in [0.15, 0.2) is 65.8 Å². The number of aromatic nitrogens is 3. The Kier molecular flexibility index (Phi) is 5.13. The zero-order valence-corrected chi connectivity index (χ0v) is 16.9. The predicted octanol–water partition coefficient (Wildman–Crippen LogP) is 4.35. The fourth-order valence-corrected chi connectivity index (χ4v) is 3.41. The Balaban J connectivity index is 1.65. The van der Waals surface area contributed by atoms with Crippen molar-refractivity contribution in [3.05, 3.63) is 81.5 Å². The molecule has 0 radical (unpaired) electrons. The Morgan fingerprint density at radius 2 is 1.66 bits per heavy atom. The molecular weight excluding hydrogens is 411 g/mol. The minimum Gasteiger partial charge on any atom is -0.344 e. The van der Waals surface area contributed by atoms with E-state index in [9.17, 15) is 9.59 Å².